The molecule has 0 saturated heterocycles. The maximum Gasteiger partial charge on any atom is 0.129 e. The molecular weight excluding hydrogens is 450 g/mol. The van der Waals surface area contributed by atoms with E-state index in [2.05, 4.69) is 85.3 Å². The van der Waals surface area contributed by atoms with E-state index in [4.69, 9.17) is 11.6 Å². The number of hydrogen-bond acceptors (Lipinski definition) is 1. The quantitative estimate of drug-likeness (QED) is 0.367. The predicted octanol–water partition coefficient (Wildman–Crippen LogP) is 5.44. The van der Waals surface area contributed by atoms with Gasteiger partial charge in [0.25, 0.3) is 0 Å². The Balaban J connectivity index is 2.37. The second-order valence-corrected chi connectivity index (χ2v) is 6.99. The zero-order valence-electron chi connectivity index (χ0n) is 10.7. The van der Waals surface area contributed by atoms with E-state index < -0.39 is 0 Å². The summed E-state index contributed by atoms with van der Waals surface area (Å²) in [5.41, 5.74) is 4.37. The average Bonchev–Trinajstić information content (AvgIpc) is 2.78. The van der Waals surface area contributed by atoms with Gasteiger partial charge in [-0.05, 0) is 65.4 Å². The molecule has 0 spiro atoms. The van der Waals surface area contributed by atoms with E-state index in [1.54, 1.807) is 0 Å². The smallest absolute Gasteiger partial charge is 0.129 e. The van der Waals surface area contributed by atoms with Gasteiger partial charge in [-0.15, -0.1) is 11.6 Å². The third kappa shape index (κ3) is 2.49. The molecule has 0 amide bonds. The summed E-state index contributed by atoms with van der Waals surface area (Å²) >= 11 is 11.9. The first kappa shape index (κ1) is 14.4. The van der Waals surface area contributed by atoms with Gasteiger partial charge in [0.05, 0.1) is 22.6 Å². The molecule has 0 saturated carbocycles. The molecule has 0 radical (unpaired) electrons. The van der Waals surface area contributed by atoms with E-state index in [9.17, 15) is 0 Å². The van der Waals surface area contributed by atoms with Crippen molar-refractivity contribution in [3.05, 3.63) is 55.8 Å². The summed E-state index contributed by atoms with van der Waals surface area (Å²) in [7, 11) is 0. The van der Waals surface area contributed by atoms with Gasteiger partial charge in [-0.25, -0.2) is 4.98 Å². The molecule has 20 heavy (non-hydrogen) atoms. The summed E-state index contributed by atoms with van der Waals surface area (Å²) in [5.74, 6) is 1.25. The summed E-state index contributed by atoms with van der Waals surface area (Å²) < 4.78 is 4.36. The van der Waals surface area contributed by atoms with Crippen molar-refractivity contribution in [1.82, 2.24) is 9.55 Å². The molecular formula is C15H11BrClIN2. The lowest BCUT2D eigenvalue weighted by Crippen LogP contribution is -2.01. The zero-order valence-corrected chi connectivity index (χ0v) is 15.2. The first-order chi connectivity index (χ1) is 9.60. The van der Waals surface area contributed by atoms with Crippen molar-refractivity contribution in [3.63, 3.8) is 0 Å². The van der Waals surface area contributed by atoms with E-state index in [0.717, 1.165) is 27.0 Å². The fourth-order valence-electron chi connectivity index (χ4n) is 2.29. The third-order valence-electron chi connectivity index (χ3n) is 3.22. The van der Waals surface area contributed by atoms with Crippen LogP contribution in [0.25, 0.3) is 16.7 Å². The highest BCUT2D eigenvalue weighted by atomic mass is 127. The van der Waals surface area contributed by atoms with Crippen molar-refractivity contribution in [2.75, 3.05) is 0 Å². The first-order valence-electron chi connectivity index (χ1n) is 6.09. The minimum atomic E-state index is 0.386. The van der Waals surface area contributed by atoms with Gasteiger partial charge in [-0.3, -0.25) is 4.57 Å². The average molecular weight is 462 g/mol. The molecule has 2 aromatic carbocycles. The van der Waals surface area contributed by atoms with E-state index >= 15 is 0 Å². The van der Waals surface area contributed by atoms with Crippen LogP contribution in [0.2, 0.25) is 0 Å². The van der Waals surface area contributed by atoms with Crippen molar-refractivity contribution in [2.45, 2.75) is 12.8 Å². The van der Waals surface area contributed by atoms with E-state index in [1.807, 2.05) is 6.07 Å². The molecule has 0 bridgehead atoms. The van der Waals surface area contributed by atoms with Gasteiger partial charge in [0.2, 0.25) is 0 Å². The Bertz CT molecular complexity index is 798. The Labute approximate surface area is 144 Å². The topological polar surface area (TPSA) is 17.8 Å². The summed E-state index contributed by atoms with van der Waals surface area (Å²) in [6.07, 6.45) is 0. The van der Waals surface area contributed by atoms with Gasteiger partial charge >= 0.3 is 0 Å². The van der Waals surface area contributed by atoms with Crippen LogP contribution in [-0.2, 0) is 5.88 Å². The highest BCUT2D eigenvalue weighted by Crippen LogP contribution is 2.27. The number of alkyl halides is 1. The largest absolute Gasteiger partial charge is 0.295 e. The van der Waals surface area contributed by atoms with Gasteiger partial charge < -0.3 is 0 Å². The first-order valence-corrected chi connectivity index (χ1v) is 8.50. The lowest BCUT2D eigenvalue weighted by atomic mass is 10.2. The number of halogens is 3. The maximum absolute atomic E-state index is 6.09. The van der Waals surface area contributed by atoms with Crippen LogP contribution < -0.4 is 0 Å². The number of nitrogens with zero attached hydrogens (tertiary/aromatic N) is 2. The van der Waals surface area contributed by atoms with Crippen LogP contribution in [0, 0.1) is 10.5 Å². The zero-order chi connectivity index (χ0) is 14.3. The van der Waals surface area contributed by atoms with Gasteiger partial charge in [-0.2, -0.15) is 0 Å². The van der Waals surface area contributed by atoms with E-state index in [0.29, 0.717) is 5.88 Å². The molecule has 0 aliphatic rings. The standard InChI is InChI=1S/C15H11BrClIN2/c1-9-2-3-10(16)6-14(9)20-13-5-4-11(18)7-12(13)19-15(20)8-17/h2-7H,8H2,1H3. The second kappa shape index (κ2) is 5.66. The van der Waals surface area contributed by atoms with E-state index in [-0.39, 0.29) is 0 Å². The molecule has 3 rings (SSSR count). The van der Waals surface area contributed by atoms with Crippen LogP contribution in [0.4, 0.5) is 0 Å². The van der Waals surface area contributed by atoms with Gasteiger partial charge in [0, 0.05) is 8.04 Å². The van der Waals surface area contributed by atoms with Crippen LogP contribution in [-0.4, -0.2) is 9.55 Å². The Kier molecular flexibility index (Phi) is 4.06. The van der Waals surface area contributed by atoms with Crippen molar-refractivity contribution >= 4 is 61.2 Å². The third-order valence-corrected chi connectivity index (χ3v) is 4.62. The van der Waals surface area contributed by atoms with Gasteiger partial charge in [0.1, 0.15) is 5.82 Å². The molecule has 0 aliphatic carbocycles. The van der Waals surface area contributed by atoms with Crippen molar-refractivity contribution in [3.8, 4) is 5.69 Å². The highest BCUT2D eigenvalue weighted by molar-refractivity contribution is 14.1. The number of aryl methyl sites for hydroxylation is 1. The Morgan fingerprint density at radius 2 is 2.05 bits per heavy atom. The Morgan fingerprint density at radius 1 is 1.25 bits per heavy atom. The Morgan fingerprint density at radius 3 is 2.80 bits per heavy atom. The normalized spacial score (nSPS) is 11.2. The summed E-state index contributed by atoms with van der Waals surface area (Å²) in [4.78, 5) is 4.65. The summed E-state index contributed by atoms with van der Waals surface area (Å²) in [5, 5.41) is 0. The van der Waals surface area contributed by atoms with Gasteiger partial charge in [-0.1, -0.05) is 22.0 Å². The van der Waals surface area contributed by atoms with Crippen molar-refractivity contribution < 1.29 is 0 Å². The minimum absolute atomic E-state index is 0.386. The lowest BCUT2D eigenvalue weighted by Gasteiger charge is -2.11. The summed E-state index contributed by atoms with van der Waals surface area (Å²) in [6.45, 7) is 2.10. The maximum atomic E-state index is 6.09. The lowest BCUT2D eigenvalue weighted by molar-refractivity contribution is 0.971. The number of fused-ring (bicyclic) bond motifs is 1. The molecule has 0 atom stereocenters. The van der Waals surface area contributed by atoms with Crippen molar-refractivity contribution in [1.29, 1.82) is 0 Å². The van der Waals surface area contributed by atoms with Crippen LogP contribution in [0.5, 0.6) is 0 Å². The monoisotopic (exact) mass is 460 g/mol. The molecule has 0 N–H and O–H groups in total. The second-order valence-electron chi connectivity index (χ2n) is 4.56. The molecule has 0 fully saturated rings. The number of hydrogen-bond donors (Lipinski definition) is 0. The molecule has 102 valence electrons. The van der Waals surface area contributed by atoms with Crippen molar-refractivity contribution in [2.24, 2.45) is 0 Å². The fraction of sp³-hybridized carbons (Fsp3) is 0.133. The number of benzene rings is 2. The SMILES string of the molecule is Cc1ccc(Br)cc1-n1c(CCl)nc2cc(I)ccc21. The fourth-order valence-corrected chi connectivity index (χ4v) is 3.29. The minimum Gasteiger partial charge on any atom is -0.295 e. The number of aromatic nitrogens is 2. The van der Waals surface area contributed by atoms with Crippen LogP contribution in [0.3, 0.4) is 0 Å². The molecule has 0 unspecified atom stereocenters. The molecule has 1 aromatic heterocycles. The van der Waals surface area contributed by atoms with Crippen LogP contribution in [0.15, 0.2) is 40.9 Å². The van der Waals surface area contributed by atoms with E-state index in [1.165, 1.54) is 9.13 Å². The summed E-state index contributed by atoms with van der Waals surface area (Å²) in [6, 6.07) is 12.5. The highest BCUT2D eigenvalue weighted by Gasteiger charge is 2.13. The molecule has 5 heteroatoms. The van der Waals surface area contributed by atoms with Gasteiger partial charge in [0.15, 0.2) is 0 Å². The Hall–Kier alpha value is -0.590. The molecule has 1 heterocycles. The molecule has 3 aromatic rings. The van der Waals surface area contributed by atoms with Crippen LogP contribution in [0.1, 0.15) is 11.4 Å². The molecule has 2 nitrogen and oxygen atoms in total. The number of rotatable bonds is 2. The number of imidazole rings is 1. The molecule has 0 aliphatic heterocycles. The predicted molar refractivity (Wildman–Crippen MR) is 95.8 cm³/mol. The van der Waals surface area contributed by atoms with Crippen LogP contribution >= 0.6 is 50.1 Å².